The van der Waals surface area contributed by atoms with Gasteiger partial charge in [-0.05, 0) is 36.0 Å². The minimum atomic E-state index is -0.843. The monoisotopic (exact) mass is 333 g/mol. The number of rotatable bonds is 4. The van der Waals surface area contributed by atoms with E-state index in [4.69, 9.17) is 4.74 Å². The predicted octanol–water partition coefficient (Wildman–Crippen LogP) is 2.93. The Morgan fingerprint density at radius 3 is 2.50 bits per heavy atom. The predicted molar refractivity (Wildman–Crippen MR) is 92.1 cm³/mol. The summed E-state index contributed by atoms with van der Waals surface area (Å²) in [6.45, 7) is 10.7. The van der Waals surface area contributed by atoms with Gasteiger partial charge in [-0.1, -0.05) is 39.8 Å². The fourth-order valence-corrected chi connectivity index (χ4v) is 3.02. The molecular weight excluding hydrogens is 306 g/mol. The molecule has 5 heteroatoms. The minimum absolute atomic E-state index is 0.00567. The van der Waals surface area contributed by atoms with Crippen molar-refractivity contribution in [2.45, 2.75) is 46.1 Å². The fraction of sp³-hybridized carbons (Fsp3) is 0.579. The molecule has 0 radical (unpaired) electrons. The fourth-order valence-electron chi connectivity index (χ4n) is 3.02. The van der Waals surface area contributed by atoms with E-state index in [1.807, 2.05) is 31.2 Å². The highest BCUT2D eigenvalue weighted by Gasteiger charge is 2.38. The van der Waals surface area contributed by atoms with E-state index in [0.29, 0.717) is 12.3 Å². The van der Waals surface area contributed by atoms with E-state index < -0.39 is 18.0 Å². The highest BCUT2D eigenvalue weighted by Crippen LogP contribution is 2.27. The quantitative estimate of drug-likeness (QED) is 0.920. The van der Waals surface area contributed by atoms with Crippen LogP contribution in [0.5, 0.6) is 5.75 Å². The summed E-state index contributed by atoms with van der Waals surface area (Å²) in [6.07, 6.45) is -0.639. The first-order valence-corrected chi connectivity index (χ1v) is 8.38. The molecule has 1 aliphatic heterocycles. The number of hydrogen-bond donors (Lipinski definition) is 1. The second-order valence-electron chi connectivity index (χ2n) is 7.70. The lowest BCUT2D eigenvalue weighted by Crippen LogP contribution is -2.39. The summed E-state index contributed by atoms with van der Waals surface area (Å²) in [5, 5.41) is 9.19. The molecule has 0 saturated carbocycles. The summed E-state index contributed by atoms with van der Waals surface area (Å²) in [5.74, 6) is -0.880. The van der Waals surface area contributed by atoms with E-state index in [9.17, 15) is 14.7 Å². The van der Waals surface area contributed by atoms with Crippen LogP contribution >= 0.6 is 0 Å². The Morgan fingerprint density at radius 1 is 1.29 bits per heavy atom. The van der Waals surface area contributed by atoms with Gasteiger partial charge in [0.2, 0.25) is 0 Å². The van der Waals surface area contributed by atoms with Crippen molar-refractivity contribution < 1.29 is 19.4 Å². The van der Waals surface area contributed by atoms with Crippen molar-refractivity contribution in [1.29, 1.82) is 0 Å². The molecule has 2 rings (SSSR count). The number of likely N-dealkylation sites (tertiary alicyclic amines) is 1. The average molecular weight is 333 g/mol. The molecule has 1 heterocycles. The molecule has 132 valence electrons. The Bertz CT molecular complexity index is 620. The Hall–Kier alpha value is -2.04. The van der Waals surface area contributed by atoms with E-state index >= 15 is 0 Å². The topological polar surface area (TPSA) is 66.8 Å². The maximum atomic E-state index is 12.6. The van der Waals surface area contributed by atoms with Crippen LogP contribution in [-0.2, 0) is 15.0 Å². The van der Waals surface area contributed by atoms with E-state index in [2.05, 4.69) is 20.8 Å². The van der Waals surface area contributed by atoms with Crippen LogP contribution < -0.4 is 4.74 Å². The van der Waals surface area contributed by atoms with Crippen LogP contribution in [0.25, 0.3) is 0 Å². The number of hydrogen-bond acceptors (Lipinski definition) is 3. The Kier molecular flexibility index (Phi) is 5.21. The van der Waals surface area contributed by atoms with Gasteiger partial charge in [0.05, 0.1) is 5.92 Å². The van der Waals surface area contributed by atoms with Crippen molar-refractivity contribution in [2.24, 2.45) is 11.8 Å². The van der Waals surface area contributed by atoms with Gasteiger partial charge in [0.25, 0.3) is 5.91 Å². The first kappa shape index (κ1) is 18.3. The molecule has 1 unspecified atom stereocenters. The number of carbonyl (C=O) groups excluding carboxylic acids is 1. The standard InChI is InChI=1S/C19H27NO4/c1-12-10-20(11-16(12)18(22)23)17(21)13(2)24-15-8-6-7-14(9-15)19(3,4)5/h6-9,12-13,16H,10-11H2,1-5H3,(H,22,23)/t12-,13?,16-/m1/s1. The van der Waals surface area contributed by atoms with Gasteiger partial charge >= 0.3 is 5.97 Å². The van der Waals surface area contributed by atoms with Gasteiger partial charge in [0, 0.05) is 13.1 Å². The van der Waals surface area contributed by atoms with Gasteiger partial charge in [-0.2, -0.15) is 0 Å². The zero-order valence-corrected chi connectivity index (χ0v) is 15.1. The molecule has 1 aromatic rings. The molecule has 1 aliphatic rings. The molecule has 0 aliphatic carbocycles. The van der Waals surface area contributed by atoms with Gasteiger partial charge in [-0.3, -0.25) is 9.59 Å². The Morgan fingerprint density at radius 2 is 1.96 bits per heavy atom. The van der Waals surface area contributed by atoms with Gasteiger partial charge < -0.3 is 14.7 Å². The number of carboxylic acid groups (broad SMARTS) is 1. The first-order valence-electron chi connectivity index (χ1n) is 8.38. The molecule has 0 aromatic heterocycles. The molecule has 1 N–H and O–H groups in total. The number of benzene rings is 1. The van der Waals surface area contributed by atoms with Crippen molar-refractivity contribution in [3.8, 4) is 5.75 Å². The zero-order chi connectivity index (χ0) is 18.1. The third-order valence-corrected chi connectivity index (χ3v) is 4.60. The van der Waals surface area contributed by atoms with Crippen molar-refractivity contribution in [2.75, 3.05) is 13.1 Å². The number of ether oxygens (including phenoxy) is 1. The Balaban J connectivity index is 2.04. The zero-order valence-electron chi connectivity index (χ0n) is 15.1. The van der Waals surface area contributed by atoms with Crippen LogP contribution in [0, 0.1) is 11.8 Å². The number of aliphatic carboxylic acids is 1. The lowest BCUT2D eigenvalue weighted by molar-refractivity contribution is -0.142. The van der Waals surface area contributed by atoms with Crippen LogP contribution in [0.4, 0.5) is 0 Å². The Labute approximate surface area is 143 Å². The highest BCUT2D eigenvalue weighted by atomic mass is 16.5. The van der Waals surface area contributed by atoms with Crippen LogP contribution in [0.3, 0.4) is 0 Å². The maximum Gasteiger partial charge on any atom is 0.308 e. The van der Waals surface area contributed by atoms with Gasteiger partial charge in [0.15, 0.2) is 6.10 Å². The second kappa shape index (κ2) is 6.83. The summed E-state index contributed by atoms with van der Waals surface area (Å²) in [7, 11) is 0. The van der Waals surface area contributed by atoms with Gasteiger partial charge in [-0.15, -0.1) is 0 Å². The van der Waals surface area contributed by atoms with Gasteiger partial charge in [0.1, 0.15) is 5.75 Å². The van der Waals surface area contributed by atoms with E-state index in [1.54, 1.807) is 11.8 Å². The molecule has 24 heavy (non-hydrogen) atoms. The van der Waals surface area contributed by atoms with E-state index in [-0.39, 0.29) is 23.8 Å². The van der Waals surface area contributed by atoms with E-state index in [0.717, 1.165) is 5.56 Å². The summed E-state index contributed by atoms with van der Waals surface area (Å²) >= 11 is 0. The lowest BCUT2D eigenvalue weighted by Gasteiger charge is -2.23. The molecule has 0 bridgehead atoms. The third kappa shape index (κ3) is 4.08. The third-order valence-electron chi connectivity index (χ3n) is 4.60. The van der Waals surface area contributed by atoms with Crippen LogP contribution in [0.2, 0.25) is 0 Å². The van der Waals surface area contributed by atoms with Crippen molar-refractivity contribution in [3.05, 3.63) is 29.8 Å². The summed E-state index contributed by atoms with van der Waals surface area (Å²) in [6, 6.07) is 7.76. The highest BCUT2D eigenvalue weighted by molar-refractivity contribution is 5.82. The summed E-state index contributed by atoms with van der Waals surface area (Å²) in [4.78, 5) is 25.4. The minimum Gasteiger partial charge on any atom is -0.481 e. The molecule has 1 amide bonds. The SMILES string of the molecule is CC(Oc1cccc(C(C)(C)C)c1)C(=O)N1C[C@@H](C)[C@H](C(=O)O)C1. The summed E-state index contributed by atoms with van der Waals surface area (Å²) < 4.78 is 5.82. The lowest BCUT2D eigenvalue weighted by atomic mass is 9.87. The van der Waals surface area contributed by atoms with E-state index in [1.165, 1.54) is 0 Å². The number of nitrogens with zero attached hydrogens (tertiary/aromatic N) is 1. The maximum absolute atomic E-state index is 12.6. The average Bonchev–Trinajstić information content (AvgIpc) is 2.88. The molecular formula is C19H27NO4. The second-order valence-corrected chi connectivity index (χ2v) is 7.70. The largest absolute Gasteiger partial charge is 0.481 e. The smallest absolute Gasteiger partial charge is 0.308 e. The van der Waals surface area contributed by atoms with Crippen molar-refractivity contribution in [3.63, 3.8) is 0 Å². The molecule has 1 saturated heterocycles. The number of carboxylic acids is 1. The molecule has 0 spiro atoms. The van der Waals surface area contributed by atoms with Crippen molar-refractivity contribution in [1.82, 2.24) is 4.90 Å². The summed E-state index contributed by atoms with van der Waals surface area (Å²) in [5.41, 5.74) is 1.14. The number of amides is 1. The van der Waals surface area contributed by atoms with Crippen LogP contribution in [0.15, 0.2) is 24.3 Å². The van der Waals surface area contributed by atoms with Crippen molar-refractivity contribution >= 4 is 11.9 Å². The van der Waals surface area contributed by atoms with Crippen LogP contribution in [0.1, 0.15) is 40.2 Å². The molecule has 1 fully saturated rings. The molecule has 3 atom stereocenters. The normalized spacial score (nSPS) is 22.3. The molecule has 5 nitrogen and oxygen atoms in total. The molecule has 1 aromatic carbocycles. The first-order chi connectivity index (χ1) is 11.1. The van der Waals surface area contributed by atoms with Crippen LogP contribution in [-0.4, -0.2) is 41.1 Å². The van der Waals surface area contributed by atoms with Gasteiger partial charge in [-0.25, -0.2) is 0 Å². The number of carbonyl (C=O) groups is 2.